The van der Waals surface area contributed by atoms with Crippen molar-refractivity contribution >= 4 is 5.91 Å². The van der Waals surface area contributed by atoms with E-state index in [4.69, 9.17) is 4.52 Å². The number of likely N-dealkylation sites (tertiary alicyclic amines) is 1. The standard InChI is InChI=1S/C15H17N3O2/c1-10-5-7-12(8-6-10)14-16-15(20-17-14)13-4-3-9-18(13)11(2)19/h5-8,13H,3-4,9H2,1-2H3. The third kappa shape index (κ3) is 2.31. The van der Waals surface area contributed by atoms with Crippen LogP contribution in [0.2, 0.25) is 0 Å². The smallest absolute Gasteiger partial charge is 0.249 e. The molecular weight excluding hydrogens is 254 g/mol. The summed E-state index contributed by atoms with van der Waals surface area (Å²) < 4.78 is 5.36. The summed E-state index contributed by atoms with van der Waals surface area (Å²) in [5, 5.41) is 4.03. The van der Waals surface area contributed by atoms with Crippen LogP contribution in [0.15, 0.2) is 28.8 Å². The van der Waals surface area contributed by atoms with Crippen molar-refractivity contribution in [3.05, 3.63) is 35.7 Å². The van der Waals surface area contributed by atoms with E-state index in [0.29, 0.717) is 11.7 Å². The molecule has 2 heterocycles. The van der Waals surface area contributed by atoms with E-state index in [9.17, 15) is 4.79 Å². The number of carbonyl (C=O) groups is 1. The second-order valence-electron chi connectivity index (χ2n) is 5.19. The Kier molecular flexibility index (Phi) is 3.26. The lowest BCUT2D eigenvalue weighted by Crippen LogP contribution is -2.28. The molecule has 0 aliphatic carbocycles. The van der Waals surface area contributed by atoms with E-state index in [1.807, 2.05) is 31.2 Å². The molecule has 1 atom stereocenters. The van der Waals surface area contributed by atoms with Crippen LogP contribution in [0.4, 0.5) is 0 Å². The number of aryl methyl sites for hydroxylation is 1. The van der Waals surface area contributed by atoms with E-state index in [1.54, 1.807) is 11.8 Å². The summed E-state index contributed by atoms with van der Waals surface area (Å²) in [5.41, 5.74) is 2.12. The Bertz CT molecular complexity index is 618. The molecule has 1 aliphatic rings. The maximum atomic E-state index is 11.6. The molecule has 3 rings (SSSR count). The lowest BCUT2D eigenvalue weighted by atomic mass is 10.1. The molecule has 1 amide bonds. The van der Waals surface area contributed by atoms with Gasteiger partial charge in [0.15, 0.2) is 0 Å². The lowest BCUT2D eigenvalue weighted by molar-refractivity contribution is -0.130. The fourth-order valence-electron chi connectivity index (χ4n) is 2.59. The molecule has 0 spiro atoms. The zero-order valence-corrected chi connectivity index (χ0v) is 11.7. The first-order valence-electron chi connectivity index (χ1n) is 6.83. The number of amides is 1. The summed E-state index contributed by atoms with van der Waals surface area (Å²) in [6.45, 7) is 4.38. The number of benzene rings is 1. The highest BCUT2D eigenvalue weighted by molar-refractivity contribution is 5.74. The number of rotatable bonds is 2. The topological polar surface area (TPSA) is 59.2 Å². The van der Waals surface area contributed by atoms with Crippen LogP contribution in [-0.2, 0) is 4.79 Å². The quantitative estimate of drug-likeness (QED) is 0.842. The summed E-state index contributed by atoms with van der Waals surface area (Å²) in [4.78, 5) is 17.8. The Hall–Kier alpha value is -2.17. The van der Waals surface area contributed by atoms with Crippen molar-refractivity contribution in [2.24, 2.45) is 0 Å². The van der Waals surface area contributed by atoms with Crippen LogP contribution in [-0.4, -0.2) is 27.5 Å². The van der Waals surface area contributed by atoms with Crippen molar-refractivity contribution in [3.8, 4) is 11.4 Å². The minimum atomic E-state index is -0.0702. The Morgan fingerprint density at radius 3 is 2.80 bits per heavy atom. The van der Waals surface area contributed by atoms with Gasteiger partial charge < -0.3 is 9.42 Å². The van der Waals surface area contributed by atoms with Gasteiger partial charge in [0.2, 0.25) is 17.6 Å². The van der Waals surface area contributed by atoms with Crippen LogP contribution in [0.25, 0.3) is 11.4 Å². The highest BCUT2D eigenvalue weighted by Crippen LogP contribution is 2.31. The summed E-state index contributed by atoms with van der Waals surface area (Å²) >= 11 is 0. The first-order valence-corrected chi connectivity index (χ1v) is 6.83. The van der Waals surface area contributed by atoms with E-state index >= 15 is 0 Å². The average Bonchev–Trinajstić information content (AvgIpc) is 3.08. The SMILES string of the molecule is CC(=O)N1CCCC1c1nc(-c2ccc(C)cc2)no1. The molecule has 5 nitrogen and oxygen atoms in total. The Morgan fingerprint density at radius 1 is 1.35 bits per heavy atom. The third-order valence-corrected chi connectivity index (χ3v) is 3.69. The minimum absolute atomic E-state index is 0.0579. The van der Waals surface area contributed by atoms with E-state index in [-0.39, 0.29) is 11.9 Å². The van der Waals surface area contributed by atoms with E-state index < -0.39 is 0 Å². The third-order valence-electron chi connectivity index (χ3n) is 3.69. The fourth-order valence-corrected chi connectivity index (χ4v) is 2.59. The molecule has 1 aromatic heterocycles. The minimum Gasteiger partial charge on any atom is -0.337 e. The number of carbonyl (C=O) groups excluding carboxylic acids is 1. The van der Waals surface area contributed by atoms with Gasteiger partial charge in [-0.25, -0.2) is 0 Å². The zero-order chi connectivity index (χ0) is 14.1. The molecule has 0 N–H and O–H groups in total. The van der Waals surface area contributed by atoms with Gasteiger partial charge in [0, 0.05) is 19.0 Å². The molecule has 0 bridgehead atoms. The Labute approximate surface area is 117 Å². The molecule has 1 aliphatic heterocycles. The molecular formula is C15H17N3O2. The van der Waals surface area contributed by atoms with Crippen LogP contribution in [0, 0.1) is 6.92 Å². The van der Waals surface area contributed by atoms with Crippen LogP contribution >= 0.6 is 0 Å². The maximum absolute atomic E-state index is 11.6. The lowest BCUT2D eigenvalue weighted by Gasteiger charge is -2.19. The second-order valence-corrected chi connectivity index (χ2v) is 5.19. The van der Waals surface area contributed by atoms with Crippen LogP contribution in [0.1, 0.15) is 37.3 Å². The van der Waals surface area contributed by atoms with Crippen molar-refractivity contribution in [1.29, 1.82) is 0 Å². The van der Waals surface area contributed by atoms with Gasteiger partial charge >= 0.3 is 0 Å². The van der Waals surface area contributed by atoms with Crippen LogP contribution in [0.3, 0.4) is 0 Å². The van der Waals surface area contributed by atoms with Crippen LogP contribution < -0.4 is 0 Å². The summed E-state index contributed by atoms with van der Waals surface area (Å²) in [7, 11) is 0. The van der Waals surface area contributed by atoms with Gasteiger partial charge in [-0.05, 0) is 19.8 Å². The van der Waals surface area contributed by atoms with Crippen molar-refractivity contribution < 1.29 is 9.32 Å². The molecule has 0 radical (unpaired) electrons. The first-order chi connectivity index (χ1) is 9.65. The van der Waals surface area contributed by atoms with Gasteiger partial charge in [0.05, 0.1) is 0 Å². The van der Waals surface area contributed by atoms with Gasteiger partial charge in [-0.15, -0.1) is 0 Å². The van der Waals surface area contributed by atoms with E-state index in [2.05, 4.69) is 10.1 Å². The molecule has 1 unspecified atom stereocenters. The molecule has 104 valence electrons. The van der Waals surface area contributed by atoms with Crippen molar-refractivity contribution in [2.45, 2.75) is 32.7 Å². The highest BCUT2D eigenvalue weighted by atomic mass is 16.5. The predicted octanol–water partition coefficient (Wildman–Crippen LogP) is 2.73. The average molecular weight is 271 g/mol. The Morgan fingerprint density at radius 2 is 2.10 bits per heavy atom. The molecule has 1 fully saturated rings. The highest BCUT2D eigenvalue weighted by Gasteiger charge is 2.32. The van der Waals surface area contributed by atoms with Gasteiger partial charge in [-0.3, -0.25) is 4.79 Å². The predicted molar refractivity (Wildman–Crippen MR) is 73.8 cm³/mol. The van der Waals surface area contributed by atoms with Gasteiger partial charge in [0.1, 0.15) is 6.04 Å². The van der Waals surface area contributed by atoms with E-state index in [1.165, 1.54) is 5.56 Å². The number of hydrogen-bond acceptors (Lipinski definition) is 4. The molecule has 1 aromatic carbocycles. The number of aromatic nitrogens is 2. The van der Waals surface area contributed by atoms with E-state index in [0.717, 1.165) is 24.9 Å². The van der Waals surface area contributed by atoms with Crippen molar-refractivity contribution in [1.82, 2.24) is 15.0 Å². The molecule has 0 saturated carbocycles. The monoisotopic (exact) mass is 271 g/mol. The summed E-state index contributed by atoms with van der Waals surface area (Å²) in [5.74, 6) is 1.17. The zero-order valence-electron chi connectivity index (χ0n) is 11.7. The summed E-state index contributed by atoms with van der Waals surface area (Å²) in [6.07, 6.45) is 1.86. The van der Waals surface area contributed by atoms with Gasteiger partial charge in [-0.2, -0.15) is 4.98 Å². The van der Waals surface area contributed by atoms with Gasteiger partial charge in [0.25, 0.3) is 0 Å². The normalized spacial score (nSPS) is 18.5. The number of nitrogens with zero attached hydrogens (tertiary/aromatic N) is 3. The van der Waals surface area contributed by atoms with Crippen molar-refractivity contribution in [3.63, 3.8) is 0 Å². The largest absolute Gasteiger partial charge is 0.337 e. The summed E-state index contributed by atoms with van der Waals surface area (Å²) in [6, 6.07) is 7.91. The molecule has 1 saturated heterocycles. The Balaban J connectivity index is 1.86. The van der Waals surface area contributed by atoms with Gasteiger partial charge in [-0.1, -0.05) is 35.0 Å². The van der Waals surface area contributed by atoms with Crippen LogP contribution in [0.5, 0.6) is 0 Å². The first kappa shape index (κ1) is 12.8. The maximum Gasteiger partial charge on any atom is 0.249 e. The molecule has 20 heavy (non-hydrogen) atoms. The fraction of sp³-hybridized carbons (Fsp3) is 0.400. The molecule has 5 heteroatoms. The van der Waals surface area contributed by atoms with Crippen molar-refractivity contribution in [2.75, 3.05) is 6.54 Å². The molecule has 2 aromatic rings. The second kappa shape index (κ2) is 5.07. The number of hydrogen-bond donors (Lipinski definition) is 0.